The number of esters is 1. The lowest BCUT2D eigenvalue weighted by Crippen LogP contribution is -2.28. The van der Waals surface area contributed by atoms with Gasteiger partial charge < -0.3 is 9.47 Å². The van der Waals surface area contributed by atoms with Gasteiger partial charge in [-0.1, -0.05) is 12.1 Å². The maximum absolute atomic E-state index is 12.4. The van der Waals surface area contributed by atoms with Crippen molar-refractivity contribution in [2.24, 2.45) is 0 Å². The van der Waals surface area contributed by atoms with E-state index in [0.717, 1.165) is 5.56 Å². The highest BCUT2D eigenvalue weighted by molar-refractivity contribution is 7.89. The minimum Gasteiger partial charge on any atom is -0.497 e. The van der Waals surface area contributed by atoms with Crippen molar-refractivity contribution in [1.82, 2.24) is 4.72 Å². The Morgan fingerprint density at radius 3 is 2.36 bits per heavy atom. The smallest absolute Gasteiger partial charge is 0.307 e. The number of hydrogen-bond acceptors (Lipinski definition) is 6. The van der Waals surface area contributed by atoms with Gasteiger partial charge in [-0.2, -0.15) is 0 Å². The van der Waals surface area contributed by atoms with Crippen LogP contribution in [0.4, 0.5) is 0 Å². The molecule has 0 atom stereocenters. The molecule has 28 heavy (non-hydrogen) atoms. The number of aryl methyl sites for hydroxylation is 2. The van der Waals surface area contributed by atoms with Crippen LogP contribution in [0.15, 0.2) is 47.4 Å². The van der Waals surface area contributed by atoms with E-state index in [4.69, 9.17) is 9.47 Å². The van der Waals surface area contributed by atoms with Crippen molar-refractivity contribution in [3.63, 3.8) is 0 Å². The predicted molar refractivity (Wildman–Crippen MR) is 104 cm³/mol. The van der Waals surface area contributed by atoms with Gasteiger partial charge in [0.1, 0.15) is 5.75 Å². The summed E-state index contributed by atoms with van der Waals surface area (Å²) in [5, 5.41) is 0. The van der Waals surface area contributed by atoms with Gasteiger partial charge >= 0.3 is 5.97 Å². The van der Waals surface area contributed by atoms with Crippen molar-refractivity contribution in [2.45, 2.75) is 25.2 Å². The molecule has 0 fully saturated rings. The first-order chi connectivity index (χ1) is 13.2. The molecule has 0 amide bonds. The molecule has 0 radical (unpaired) electrons. The average Bonchev–Trinajstić information content (AvgIpc) is 2.67. The Bertz CT molecular complexity index is 951. The highest BCUT2D eigenvalue weighted by atomic mass is 32.2. The highest BCUT2D eigenvalue weighted by Gasteiger charge is 2.17. The molecule has 0 unspecified atom stereocenters. The third-order valence-corrected chi connectivity index (χ3v) is 5.63. The third kappa shape index (κ3) is 5.90. The molecular formula is C20H23NO6S. The Morgan fingerprint density at radius 1 is 1.04 bits per heavy atom. The largest absolute Gasteiger partial charge is 0.497 e. The zero-order chi connectivity index (χ0) is 20.7. The molecule has 8 heteroatoms. The van der Waals surface area contributed by atoms with E-state index in [-0.39, 0.29) is 23.6 Å². The van der Waals surface area contributed by atoms with Gasteiger partial charge in [0.25, 0.3) is 0 Å². The number of carbonyl (C=O) groups excluding carboxylic acids is 2. The number of ether oxygens (including phenoxy) is 2. The van der Waals surface area contributed by atoms with E-state index < -0.39 is 22.6 Å². The van der Waals surface area contributed by atoms with Gasteiger partial charge in [-0.25, -0.2) is 13.1 Å². The van der Waals surface area contributed by atoms with Crippen molar-refractivity contribution in [3.8, 4) is 5.75 Å². The van der Waals surface area contributed by atoms with Gasteiger partial charge in [0.05, 0.1) is 18.4 Å². The molecule has 0 heterocycles. The van der Waals surface area contributed by atoms with Crippen LogP contribution in [-0.4, -0.2) is 40.4 Å². The molecule has 2 rings (SSSR count). The van der Waals surface area contributed by atoms with Crippen LogP contribution in [-0.2, 0) is 19.6 Å². The molecule has 0 saturated carbocycles. The minimum absolute atomic E-state index is 0.120. The van der Waals surface area contributed by atoms with Crippen LogP contribution in [0, 0.1) is 13.8 Å². The molecule has 2 aromatic carbocycles. The summed E-state index contributed by atoms with van der Waals surface area (Å²) < 4.78 is 37.0. The zero-order valence-corrected chi connectivity index (χ0v) is 16.8. The lowest BCUT2D eigenvalue weighted by atomic mass is 10.1. The van der Waals surface area contributed by atoms with Crippen LogP contribution in [0.5, 0.6) is 5.75 Å². The van der Waals surface area contributed by atoms with Gasteiger partial charge in [-0.15, -0.1) is 0 Å². The second-order valence-corrected chi connectivity index (χ2v) is 7.96. The number of methoxy groups -OCH3 is 1. The lowest BCUT2D eigenvalue weighted by Gasteiger charge is -2.10. The number of carbonyl (C=O) groups is 2. The monoisotopic (exact) mass is 405 g/mol. The molecule has 1 N–H and O–H groups in total. The van der Waals surface area contributed by atoms with Crippen molar-refractivity contribution >= 4 is 21.8 Å². The molecule has 7 nitrogen and oxygen atoms in total. The van der Waals surface area contributed by atoms with E-state index in [2.05, 4.69) is 4.72 Å². The average molecular weight is 405 g/mol. The standard InChI is InChI=1S/C20H23NO6S/c1-14-4-5-15(2)19(12-14)28(24,25)21-11-10-20(23)27-13-18(22)16-6-8-17(26-3)9-7-16/h4-9,12,21H,10-11,13H2,1-3H3. The van der Waals surface area contributed by atoms with E-state index >= 15 is 0 Å². The molecule has 0 aromatic heterocycles. The fourth-order valence-electron chi connectivity index (χ4n) is 2.44. The number of ketones is 1. The highest BCUT2D eigenvalue weighted by Crippen LogP contribution is 2.16. The second-order valence-electron chi connectivity index (χ2n) is 6.23. The normalized spacial score (nSPS) is 11.1. The SMILES string of the molecule is COc1ccc(C(=O)COC(=O)CCNS(=O)(=O)c2cc(C)ccc2C)cc1. The van der Waals surface area contributed by atoms with Crippen molar-refractivity contribution in [2.75, 3.05) is 20.3 Å². The fraction of sp³-hybridized carbons (Fsp3) is 0.300. The van der Waals surface area contributed by atoms with E-state index in [1.54, 1.807) is 50.2 Å². The van der Waals surface area contributed by atoms with E-state index in [0.29, 0.717) is 16.9 Å². The van der Waals surface area contributed by atoms with Crippen LogP contribution in [0.1, 0.15) is 27.9 Å². The number of Topliss-reactive ketones (excluding diaryl/α,β-unsaturated/α-hetero) is 1. The molecule has 150 valence electrons. The first-order valence-corrected chi connectivity index (χ1v) is 10.1. The molecule has 0 aliphatic heterocycles. The minimum atomic E-state index is -3.73. The van der Waals surface area contributed by atoms with Crippen LogP contribution < -0.4 is 9.46 Å². The first kappa shape index (κ1) is 21.6. The van der Waals surface area contributed by atoms with Gasteiger partial charge in [0.15, 0.2) is 12.4 Å². The van der Waals surface area contributed by atoms with E-state index in [9.17, 15) is 18.0 Å². The molecule has 2 aromatic rings. The summed E-state index contributed by atoms with van der Waals surface area (Å²) in [4.78, 5) is 24.0. The molecule has 0 aliphatic rings. The maximum atomic E-state index is 12.4. The van der Waals surface area contributed by atoms with Crippen molar-refractivity contribution in [1.29, 1.82) is 0 Å². The van der Waals surface area contributed by atoms with E-state index in [1.165, 1.54) is 7.11 Å². The number of nitrogens with one attached hydrogen (secondary N) is 1. The third-order valence-electron chi connectivity index (χ3n) is 4.03. The summed E-state index contributed by atoms with van der Waals surface area (Å²) in [6.45, 7) is 2.98. The molecule has 0 aliphatic carbocycles. The number of hydrogen-bond donors (Lipinski definition) is 1. The Kier molecular flexibility index (Phi) is 7.31. The van der Waals surface area contributed by atoms with Gasteiger partial charge in [0.2, 0.25) is 10.0 Å². The number of benzene rings is 2. The topological polar surface area (TPSA) is 98.8 Å². The molecule has 0 bridgehead atoms. The quantitative estimate of drug-likeness (QED) is 0.508. The molecular weight excluding hydrogens is 382 g/mol. The summed E-state index contributed by atoms with van der Waals surface area (Å²) in [6, 6.07) is 11.5. The predicted octanol–water partition coefficient (Wildman–Crippen LogP) is 2.41. The van der Waals surface area contributed by atoms with Crippen LogP contribution >= 0.6 is 0 Å². The second kappa shape index (κ2) is 9.48. The fourth-order valence-corrected chi connectivity index (χ4v) is 3.80. The summed E-state index contributed by atoms with van der Waals surface area (Å²) in [5.41, 5.74) is 1.83. The van der Waals surface area contributed by atoms with Crippen LogP contribution in [0.2, 0.25) is 0 Å². The number of sulfonamides is 1. The summed E-state index contributed by atoms with van der Waals surface area (Å²) >= 11 is 0. The Balaban J connectivity index is 1.82. The first-order valence-electron chi connectivity index (χ1n) is 8.63. The Morgan fingerprint density at radius 2 is 1.71 bits per heavy atom. The van der Waals surface area contributed by atoms with Crippen LogP contribution in [0.25, 0.3) is 0 Å². The molecule has 0 saturated heterocycles. The van der Waals surface area contributed by atoms with E-state index in [1.807, 2.05) is 6.07 Å². The van der Waals surface area contributed by atoms with Crippen molar-refractivity contribution in [3.05, 3.63) is 59.2 Å². The Hall–Kier alpha value is -2.71. The summed E-state index contributed by atoms with van der Waals surface area (Å²) in [7, 11) is -2.21. The number of rotatable bonds is 9. The van der Waals surface area contributed by atoms with Gasteiger partial charge in [-0.3, -0.25) is 9.59 Å². The van der Waals surface area contributed by atoms with Gasteiger partial charge in [0, 0.05) is 12.1 Å². The summed E-state index contributed by atoms with van der Waals surface area (Å²) in [5.74, 6) is -0.401. The molecule has 0 spiro atoms. The van der Waals surface area contributed by atoms with Crippen molar-refractivity contribution < 1.29 is 27.5 Å². The zero-order valence-electron chi connectivity index (χ0n) is 16.0. The van der Waals surface area contributed by atoms with Gasteiger partial charge in [-0.05, 0) is 55.3 Å². The lowest BCUT2D eigenvalue weighted by molar-refractivity contribution is -0.142. The Labute approximate surface area is 164 Å². The maximum Gasteiger partial charge on any atom is 0.307 e. The summed E-state index contributed by atoms with van der Waals surface area (Å²) in [6.07, 6.45) is -0.181. The van der Waals surface area contributed by atoms with Crippen LogP contribution in [0.3, 0.4) is 0 Å².